The van der Waals surface area contributed by atoms with Crippen molar-refractivity contribution in [2.24, 2.45) is 4.36 Å². The Morgan fingerprint density at radius 2 is 1.55 bits per heavy atom. The summed E-state index contributed by atoms with van der Waals surface area (Å²) in [6.45, 7) is 0. The lowest BCUT2D eigenvalue weighted by atomic mass is 10.2. The van der Waals surface area contributed by atoms with Crippen molar-refractivity contribution < 1.29 is 0 Å². The zero-order valence-electron chi connectivity index (χ0n) is 5.74. The third-order valence-electron chi connectivity index (χ3n) is 1.33. The number of nitrogen functional groups attached to an aromatic ring is 3. The van der Waals surface area contributed by atoms with Crippen molar-refractivity contribution in [2.75, 3.05) is 17.2 Å². The second-order valence-corrected chi connectivity index (χ2v) is 2.31. The van der Waals surface area contributed by atoms with Crippen molar-refractivity contribution in [3.8, 4) is 0 Å². The molecule has 0 unspecified atom stereocenters. The first-order chi connectivity index (χ1) is 5.15. The van der Waals surface area contributed by atoms with E-state index in [1.165, 1.54) is 0 Å². The Hall–Kier alpha value is -1.36. The highest BCUT2D eigenvalue weighted by molar-refractivity contribution is 7.47. The smallest absolute Gasteiger partial charge is 0.102 e. The Morgan fingerprint density at radius 1 is 1.00 bits per heavy atom. The Labute approximate surface area is 69.5 Å². The van der Waals surface area contributed by atoms with Crippen molar-refractivity contribution >= 4 is 35.2 Å². The first-order valence-electron chi connectivity index (χ1n) is 2.93. The highest BCUT2D eigenvalue weighted by Gasteiger charge is 2.00. The lowest BCUT2D eigenvalue weighted by Gasteiger charge is -2.02. The average molecular weight is 168 g/mol. The number of nitrogens with two attached hydrogens (primary N) is 3. The molecule has 11 heavy (non-hydrogen) atoms. The standard InChI is InChI=1S/C6H8N4S/c7-3-1-5(9)6(10-11)2-4(3)8/h1-2H,7-9H2. The quantitative estimate of drug-likeness (QED) is 0.541. The second-order valence-electron chi connectivity index (χ2n) is 2.13. The highest BCUT2D eigenvalue weighted by atomic mass is 32.1. The van der Waals surface area contributed by atoms with E-state index in [0.29, 0.717) is 22.7 Å². The molecule has 0 aromatic heterocycles. The van der Waals surface area contributed by atoms with E-state index in [4.69, 9.17) is 17.2 Å². The predicted molar refractivity (Wildman–Crippen MR) is 49.1 cm³/mol. The van der Waals surface area contributed by atoms with Crippen LogP contribution < -0.4 is 17.2 Å². The number of rotatable bonds is 1. The summed E-state index contributed by atoms with van der Waals surface area (Å²) in [7, 11) is 0. The molecule has 0 aliphatic rings. The molecule has 0 radical (unpaired) electrons. The lowest BCUT2D eigenvalue weighted by molar-refractivity contribution is 1.56. The third-order valence-corrected chi connectivity index (χ3v) is 1.53. The zero-order chi connectivity index (χ0) is 8.43. The van der Waals surface area contributed by atoms with Crippen LogP contribution in [0, 0.1) is 0 Å². The molecule has 0 bridgehead atoms. The Kier molecular flexibility index (Phi) is 1.91. The van der Waals surface area contributed by atoms with E-state index in [1.807, 2.05) is 0 Å². The summed E-state index contributed by atoms with van der Waals surface area (Å²) in [5.74, 6) is 0. The fourth-order valence-electron chi connectivity index (χ4n) is 0.718. The molecule has 0 heterocycles. The molecule has 0 saturated heterocycles. The number of anilines is 3. The Bertz CT molecular complexity index is 297. The first-order valence-corrected chi connectivity index (χ1v) is 3.29. The maximum Gasteiger partial charge on any atom is 0.102 e. The van der Waals surface area contributed by atoms with E-state index in [9.17, 15) is 0 Å². The summed E-state index contributed by atoms with van der Waals surface area (Å²) in [4.78, 5) is 0. The molecule has 0 aliphatic heterocycles. The van der Waals surface area contributed by atoms with Crippen molar-refractivity contribution in [2.45, 2.75) is 0 Å². The first kappa shape index (κ1) is 7.74. The van der Waals surface area contributed by atoms with Crippen LogP contribution in [-0.2, 0) is 12.4 Å². The molecule has 0 aliphatic carbocycles. The lowest BCUT2D eigenvalue weighted by Crippen LogP contribution is -1.96. The van der Waals surface area contributed by atoms with Crippen LogP contribution in [0.3, 0.4) is 0 Å². The van der Waals surface area contributed by atoms with Crippen molar-refractivity contribution in [3.63, 3.8) is 0 Å². The van der Waals surface area contributed by atoms with Crippen LogP contribution in [-0.4, -0.2) is 0 Å². The maximum absolute atomic E-state index is 5.50. The normalized spacial score (nSPS) is 9.45. The van der Waals surface area contributed by atoms with Gasteiger partial charge in [-0.15, -0.1) is 0 Å². The average Bonchev–Trinajstić information content (AvgIpc) is 1.97. The maximum atomic E-state index is 5.50. The van der Waals surface area contributed by atoms with Gasteiger partial charge >= 0.3 is 0 Å². The van der Waals surface area contributed by atoms with E-state index in [0.717, 1.165) is 0 Å². The van der Waals surface area contributed by atoms with Crippen LogP contribution >= 0.6 is 0 Å². The van der Waals surface area contributed by atoms with Crippen LogP contribution in [0.5, 0.6) is 0 Å². The fraction of sp³-hybridized carbons (Fsp3) is 0. The molecule has 0 spiro atoms. The van der Waals surface area contributed by atoms with Gasteiger partial charge in [0.1, 0.15) is 5.69 Å². The van der Waals surface area contributed by atoms with E-state index >= 15 is 0 Å². The van der Waals surface area contributed by atoms with Gasteiger partial charge in [-0.05, 0) is 12.1 Å². The van der Waals surface area contributed by atoms with Crippen LogP contribution in [0.15, 0.2) is 16.5 Å². The van der Waals surface area contributed by atoms with Gasteiger partial charge in [0.2, 0.25) is 0 Å². The van der Waals surface area contributed by atoms with Gasteiger partial charge in [0, 0.05) is 12.4 Å². The Morgan fingerprint density at radius 3 is 2.09 bits per heavy atom. The SMILES string of the molecule is Nc1cc(N)c(N=S)cc1N. The largest absolute Gasteiger partial charge is 0.397 e. The second kappa shape index (κ2) is 2.71. The molecular formula is C6H8N4S. The molecule has 5 heteroatoms. The van der Waals surface area contributed by atoms with Crippen LogP contribution in [0.4, 0.5) is 22.7 Å². The van der Waals surface area contributed by atoms with Gasteiger partial charge in [-0.25, -0.2) is 0 Å². The Balaban J connectivity index is 3.31. The molecule has 1 rings (SSSR count). The summed E-state index contributed by atoms with van der Waals surface area (Å²) in [5.41, 5.74) is 18.3. The topological polar surface area (TPSA) is 90.4 Å². The van der Waals surface area contributed by atoms with E-state index in [-0.39, 0.29) is 0 Å². The van der Waals surface area contributed by atoms with Gasteiger partial charge < -0.3 is 17.2 Å². The van der Waals surface area contributed by atoms with Crippen LogP contribution in [0.25, 0.3) is 0 Å². The third kappa shape index (κ3) is 1.38. The number of nitrogens with zero attached hydrogens (tertiary/aromatic N) is 1. The summed E-state index contributed by atoms with van der Waals surface area (Å²) < 4.78 is 3.49. The number of benzene rings is 1. The van der Waals surface area contributed by atoms with E-state index in [2.05, 4.69) is 16.8 Å². The minimum atomic E-state index is 0.447. The minimum absolute atomic E-state index is 0.447. The molecule has 0 amide bonds. The van der Waals surface area contributed by atoms with E-state index in [1.54, 1.807) is 12.1 Å². The van der Waals surface area contributed by atoms with Crippen molar-refractivity contribution in [3.05, 3.63) is 12.1 Å². The summed E-state index contributed by atoms with van der Waals surface area (Å²) in [6, 6.07) is 3.10. The summed E-state index contributed by atoms with van der Waals surface area (Å²) in [5, 5.41) is 0. The molecule has 4 nitrogen and oxygen atoms in total. The molecule has 0 atom stereocenters. The van der Waals surface area contributed by atoms with Crippen LogP contribution in [0.1, 0.15) is 0 Å². The van der Waals surface area contributed by atoms with Gasteiger partial charge in [0.05, 0.1) is 17.1 Å². The molecule has 6 N–H and O–H groups in total. The van der Waals surface area contributed by atoms with Crippen LogP contribution in [0.2, 0.25) is 0 Å². The summed E-state index contributed by atoms with van der Waals surface area (Å²) in [6.07, 6.45) is 0. The molecule has 1 aromatic rings. The fourth-order valence-corrected chi connectivity index (χ4v) is 0.876. The number of hydrogen-bond donors (Lipinski definition) is 3. The number of hydrogen-bond acceptors (Lipinski definition) is 5. The molecule has 0 saturated carbocycles. The zero-order valence-corrected chi connectivity index (χ0v) is 6.56. The molecular weight excluding hydrogens is 160 g/mol. The van der Waals surface area contributed by atoms with Gasteiger partial charge in [-0.2, -0.15) is 4.36 Å². The van der Waals surface area contributed by atoms with E-state index < -0.39 is 0 Å². The van der Waals surface area contributed by atoms with Gasteiger partial charge in [0.15, 0.2) is 0 Å². The highest BCUT2D eigenvalue weighted by Crippen LogP contribution is 2.28. The summed E-state index contributed by atoms with van der Waals surface area (Å²) >= 11 is 4.46. The monoisotopic (exact) mass is 168 g/mol. The van der Waals surface area contributed by atoms with Gasteiger partial charge in [0.25, 0.3) is 0 Å². The molecule has 58 valence electrons. The molecule has 0 fully saturated rings. The van der Waals surface area contributed by atoms with Gasteiger partial charge in [-0.3, -0.25) is 0 Å². The van der Waals surface area contributed by atoms with Crippen molar-refractivity contribution in [1.82, 2.24) is 0 Å². The minimum Gasteiger partial charge on any atom is -0.397 e. The predicted octanol–water partition coefficient (Wildman–Crippen LogP) is 0.795. The molecule has 1 aromatic carbocycles. The van der Waals surface area contributed by atoms with Crippen molar-refractivity contribution in [1.29, 1.82) is 0 Å². The van der Waals surface area contributed by atoms with Gasteiger partial charge in [-0.1, -0.05) is 0 Å².